The van der Waals surface area contributed by atoms with Gasteiger partial charge >= 0.3 is 0 Å². The van der Waals surface area contributed by atoms with E-state index in [1.807, 2.05) is 17.9 Å². The van der Waals surface area contributed by atoms with E-state index in [-0.39, 0.29) is 16.2 Å². The number of nitrogens with zero attached hydrogens (tertiary/aromatic N) is 4. The normalized spacial score (nSPS) is 17.8. The number of amides is 1. The van der Waals surface area contributed by atoms with Gasteiger partial charge in [0.05, 0.1) is 22.9 Å². The van der Waals surface area contributed by atoms with E-state index in [2.05, 4.69) is 0 Å². The van der Waals surface area contributed by atoms with Crippen LogP contribution in [0.15, 0.2) is 16.3 Å². The number of piperazine rings is 1. The van der Waals surface area contributed by atoms with Gasteiger partial charge in [-0.25, -0.2) is 8.42 Å². The topological polar surface area (TPSA) is 84.7 Å². The summed E-state index contributed by atoms with van der Waals surface area (Å²) in [6, 6.07) is 4.77. The summed E-state index contributed by atoms with van der Waals surface area (Å²) in [5.74, 6) is -0.0587. The molecule has 0 N–H and O–H groups in total. The molecule has 1 atom stereocenters. The largest absolute Gasteiger partial charge is 0.343 e. The van der Waals surface area contributed by atoms with E-state index >= 15 is 0 Å². The molecule has 2 rings (SSSR count). The zero-order chi connectivity index (χ0) is 18.6. The third kappa shape index (κ3) is 4.71. The Balaban J connectivity index is 1.95. The van der Waals surface area contributed by atoms with Crippen molar-refractivity contribution in [3.63, 3.8) is 0 Å². The van der Waals surface area contributed by atoms with Crippen LogP contribution in [0.4, 0.5) is 0 Å². The molecule has 1 saturated heterocycles. The summed E-state index contributed by atoms with van der Waals surface area (Å²) in [6.07, 6.45) is 0.296. The number of carbonyl (C=O) groups is 1. The van der Waals surface area contributed by atoms with E-state index in [1.165, 1.54) is 10.4 Å². The zero-order valence-electron chi connectivity index (χ0n) is 14.2. The van der Waals surface area contributed by atoms with Gasteiger partial charge in [0, 0.05) is 39.8 Å². The lowest BCUT2D eigenvalue weighted by molar-refractivity contribution is -0.135. The summed E-state index contributed by atoms with van der Waals surface area (Å²) in [5.41, 5.74) is 0. The van der Waals surface area contributed by atoms with Crippen molar-refractivity contribution in [2.75, 3.05) is 39.8 Å². The van der Waals surface area contributed by atoms with Crippen molar-refractivity contribution in [3.8, 4) is 6.07 Å². The fraction of sp³-hybridized carbons (Fsp3) is 0.600. The van der Waals surface area contributed by atoms with Gasteiger partial charge in [-0.3, -0.25) is 9.69 Å². The highest BCUT2D eigenvalue weighted by molar-refractivity contribution is 7.91. The molecule has 1 fully saturated rings. The van der Waals surface area contributed by atoms with Crippen molar-refractivity contribution >= 4 is 38.9 Å². The molecule has 2 heterocycles. The van der Waals surface area contributed by atoms with Crippen LogP contribution in [0.3, 0.4) is 0 Å². The smallest absolute Gasteiger partial charge is 0.252 e. The number of halogens is 1. The zero-order valence-corrected chi connectivity index (χ0v) is 16.6. The fourth-order valence-corrected chi connectivity index (χ4v) is 5.76. The molecular weight excluding hydrogens is 384 g/mol. The highest BCUT2D eigenvalue weighted by Gasteiger charge is 2.33. The molecule has 0 radical (unpaired) electrons. The Labute approximate surface area is 157 Å². The molecule has 1 unspecified atom stereocenters. The highest BCUT2D eigenvalue weighted by atomic mass is 35.5. The number of hydrogen-bond acceptors (Lipinski definition) is 6. The Morgan fingerprint density at radius 1 is 1.40 bits per heavy atom. The molecule has 25 heavy (non-hydrogen) atoms. The molecule has 1 aromatic heterocycles. The maximum Gasteiger partial charge on any atom is 0.252 e. The first kappa shape index (κ1) is 20.1. The summed E-state index contributed by atoms with van der Waals surface area (Å²) >= 11 is 6.88. The third-order valence-corrected chi connectivity index (χ3v) is 7.85. The minimum atomic E-state index is -3.53. The number of nitriles is 1. The average Bonchev–Trinajstić information content (AvgIpc) is 3.05. The van der Waals surface area contributed by atoms with Crippen LogP contribution < -0.4 is 0 Å². The van der Waals surface area contributed by atoms with Gasteiger partial charge in [0.25, 0.3) is 10.0 Å². The Morgan fingerprint density at radius 2 is 2.04 bits per heavy atom. The maximum atomic E-state index is 12.6. The average molecular weight is 405 g/mol. The van der Waals surface area contributed by atoms with Crippen LogP contribution in [-0.4, -0.2) is 74.2 Å². The van der Waals surface area contributed by atoms with Gasteiger partial charge in [-0.15, -0.1) is 11.3 Å². The standard InChI is InChI=1S/C15H21ClN4O3S2/c1-12(15(21)18(2)7-3-6-17)19-8-10-20(11-9-19)25(22,23)14-5-4-13(16)24-14/h4-5,12H,3,7-11H2,1-2H3. The lowest BCUT2D eigenvalue weighted by Gasteiger charge is -2.37. The molecule has 10 heteroatoms. The molecule has 1 aliphatic rings. The van der Waals surface area contributed by atoms with E-state index in [1.54, 1.807) is 18.0 Å². The van der Waals surface area contributed by atoms with Crippen molar-refractivity contribution in [3.05, 3.63) is 16.5 Å². The van der Waals surface area contributed by atoms with Crippen LogP contribution in [-0.2, 0) is 14.8 Å². The summed E-state index contributed by atoms with van der Waals surface area (Å²) in [6.45, 7) is 3.84. The maximum absolute atomic E-state index is 12.6. The molecule has 0 saturated carbocycles. The third-order valence-electron chi connectivity index (χ3n) is 4.26. The monoisotopic (exact) mass is 404 g/mol. The van der Waals surface area contributed by atoms with E-state index in [0.29, 0.717) is 43.5 Å². The van der Waals surface area contributed by atoms with E-state index in [9.17, 15) is 13.2 Å². The predicted molar refractivity (Wildman–Crippen MR) is 97.0 cm³/mol. The number of likely N-dealkylation sites (N-methyl/N-ethyl adjacent to an activating group) is 1. The molecule has 0 bridgehead atoms. The molecular formula is C15H21ClN4O3S2. The molecule has 0 aliphatic carbocycles. The van der Waals surface area contributed by atoms with Crippen LogP contribution in [0.2, 0.25) is 4.34 Å². The molecule has 0 spiro atoms. The number of hydrogen-bond donors (Lipinski definition) is 0. The van der Waals surface area contributed by atoms with Gasteiger partial charge in [-0.2, -0.15) is 9.57 Å². The second kappa shape index (κ2) is 8.47. The first-order valence-corrected chi connectivity index (χ1v) is 10.5. The molecule has 1 amide bonds. The van der Waals surface area contributed by atoms with Crippen LogP contribution in [0.25, 0.3) is 0 Å². The molecule has 1 aliphatic heterocycles. The fourth-order valence-electron chi connectivity index (χ4n) is 2.70. The van der Waals surface area contributed by atoms with Crippen molar-refractivity contribution in [2.45, 2.75) is 23.6 Å². The van der Waals surface area contributed by atoms with Gasteiger partial charge in [-0.05, 0) is 19.1 Å². The lowest BCUT2D eigenvalue weighted by Crippen LogP contribution is -2.55. The van der Waals surface area contributed by atoms with E-state index in [0.717, 1.165) is 11.3 Å². The van der Waals surface area contributed by atoms with Crippen LogP contribution in [0, 0.1) is 11.3 Å². The second-order valence-corrected chi connectivity index (χ2v) is 9.72. The van der Waals surface area contributed by atoms with Crippen LogP contribution >= 0.6 is 22.9 Å². The van der Waals surface area contributed by atoms with E-state index < -0.39 is 10.0 Å². The van der Waals surface area contributed by atoms with Crippen LogP contribution in [0.5, 0.6) is 0 Å². The van der Waals surface area contributed by atoms with Gasteiger partial charge in [-0.1, -0.05) is 11.6 Å². The van der Waals surface area contributed by atoms with Crippen molar-refractivity contribution in [1.82, 2.24) is 14.1 Å². The molecule has 1 aromatic rings. The summed E-state index contributed by atoms with van der Waals surface area (Å²) in [7, 11) is -1.85. The molecule has 0 aromatic carbocycles. The summed E-state index contributed by atoms with van der Waals surface area (Å²) < 4.78 is 27.3. The summed E-state index contributed by atoms with van der Waals surface area (Å²) in [5, 5.41) is 8.62. The lowest BCUT2D eigenvalue weighted by atomic mass is 10.2. The SMILES string of the molecule is CC(C(=O)N(C)CCC#N)N1CCN(S(=O)(=O)c2ccc(Cl)s2)CC1. The van der Waals surface area contributed by atoms with E-state index in [4.69, 9.17) is 16.9 Å². The molecule has 138 valence electrons. The van der Waals surface area contributed by atoms with Crippen molar-refractivity contribution < 1.29 is 13.2 Å². The van der Waals surface area contributed by atoms with Crippen molar-refractivity contribution in [1.29, 1.82) is 5.26 Å². The van der Waals surface area contributed by atoms with Crippen LogP contribution in [0.1, 0.15) is 13.3 Å². The van der Waals surface area contributed by atoms with Gasteiger partial charge in [0.2, 0.25) is 5.91 Å². The number of sulfonamides is 1. The number of carbonyl (C=O) groups excluding carboxylic acids is 1. The Bertz CT molecular complexity index is 751. The Kier molecular flexibility index (Phi) is 6.82. The predicted octanol–water partition coefficient (Wildman–Crippen LogP) is 1.47. The van der Waals surface area contributed by atoms with Gasteiger partial charge in [0.15, 0.2) is 0 Å². The first-order valence-electron chi connectivity index (χ1n) is 7.89. The van der Waals surface area contributed by atoms with Crippen molar-refractivity contribution in [2.24, 2.45) is 0 Å². The quantitative estimate of drug-likeness (QED) is 0.716. The minimum absolute atomic E-state index is 0.0587. The summed E-state index contributed by atoms with van der Waals surface area (Å²) in [4.78, 5) is 15.9. The minimum Gasteiger partial charge on any atom is -0.343 e. The Hall–Kier alpha value is -1.18. The molecule has 7 nitrogen and oxygen atoms in total. The van der Waals surface area contributed by atoms with Gasteiger partial charge < -0.3 is 4.90 Å². The number of rotatable bonds is 6. The first-order chi connectivity index (χ1) is 11.8. The van der Waals surface area contributed by atoms with Gasteiger partial charge in [0.1, 0.15) is 4.21 Å². The number of thiophene rings is 1. The second-order valence-electron chi connectivity index (χ2n) is 5.84. The highest BCUT2D eigenvalue weighted by Crippen LogP contribution is 2.28. The Morgan fingerprint density at radius 3 is 2.56 bits per heavy atom.